The number of imidazole rings is 1. The SMILES string of the molecule is Cc1ccnc2c1nc(-c1cccc3c1oc1ccccc13)n2-c1c(C(C)C)cc(-c2ccccc2)cc1C(C)C. The smallest absolute Gasteiger partial charge is 0.165 e. The summed E-state index contributed by atoms with van der Waals surface area (Å²) in [5, 5.41) is 2.20. The molecule has 4 aromatic carbocycles. The number of rotatable bonds is 5. The van der Waals surface area contributed by atoms with Crippen LogP contribution >= 0.6 is 0 Å². The minimum absolute atomic E-state index is 0.281. The van der Waals surface area contributed by atoms with E-state index in [0.717, 1.165) is 50.1 Å². The van der Waals surface area contributed by atoms with E-state index in [0.29, 0.717) is 0 Å². The van der Waals surface area contributed by atoms with Gasteiger partial charge in [0.1, 0.15) is 16.7 Å². The summed E-state index contributed by atoms with van der Waals surface area (Å²) in [6, 6.07) is 32.0. The Hall–Kier alpha value is -4.70. The van der Waals surface area contributed by atoms with Crippen LogP contribution in [0.1, 0.15) is 56.2 Å². The number of hydrogen-bond donors (Lipinski definition) is 0. The van der Waals surface area contributed by atoms with Gasteiger partial charge in [0.15, 0.2) is 11.5 Å². The molecule has 0 spiro atoms. The van der Waals surface area contributed by atoms with E-state index in [4.69, 9.17) is 14.4 Å². The van der Waals surface area contributed by atoms with Crippen molar-refractivity contribution in [2.24, 2.45) is 0 Å². The summed E-state index contributed by atoms with van der Waals surface area (Å²) in [4.78, 5) is 10.2. The first-order valence-electron chi connectivity index (χ1n) is 14.4. The van der Waals surface area contributed by atoms with Crippen molar-refractivity contribution in [3.63, 3.8) is 0 Å². The predicted molar refractivity (Wildman–Crippen MR) is 170 cm³/mol. The zero-order chi connectivity index (χ0) is 28.2. The molecule has 0 atom stereocenters. The van der Waals surface area contributed by atoms with Crippen molar-refractivity contribution in [2.45, 2.75) is 46.5 Å². The van der Waals surface area contributed by atoms with Gasteiger partial charge in [-0.2, -0.15) is 0 Å². The summed E-state index contributed by atoms with van der Waals surface area (Å²) in [5.74, 6) is 1.41. The molecule has 0 aliphatic heterocycles. The van der Waals surface area contributed by atoms with Crippen LogP contribution in [0.5, 0.6) is 0 Å². The van der Waals surface area contributed by atoms with Crippen LogP contribution in [0.3, 0.4) is 0 Å². The summed E-state index contributed by atoms with van der Waals surface area (Å²) >= 11 is 0. The number of aryl methyl sites for hydroxylation is 1. The predicted octanol–water partition coefficient (Wildman–Crippen LogP) is 10.2. The molecule has 0 saturated carbocycles. The standard InChI is InChI=1S/C37H33N3O/c1-22(2)30-20-26(25-12-7-6-8-13-25)21-31(23(3)4)34(30)40-36(39-33-24(5)18-19-38-37(33)40)29-16-11-15-28-27-14-9-10-17-32(27)41-35(28)29/h6-23H,1-5H3. The Labute approximate surface area is 240 Å². The van der Waals surface area contributed by atoms with Gasteiger partial charge in [-0.25, -0.2) is 9.97 Å². The van der Waals surface area contributed by atoms with Crippen molar-refractivity contribution in [3.8, 4) is 28.2 Å². The van der Waals surface area contributed by atoms with Crippen molar-refractivity contribution in [3.05, 3.63) is 114 Å². The maximum absolute atomic E-state index is 6.51. The third-order valence-electron chi connectivity index (χ3n) is 8.14. The number of fused-ring (bicyclic) bond motifs is 4. The lowest BCUT2D eigenvalue weighted by molar-refractivity contribution is 0.669. The lowest BCUT2D eigenvalue weighted by Gasteiger charge is -2.24. The monoisotopic (exact) mass is 535 g/mol. The first-order valence-corrected chi connectivity index (χ1v) is 14.4. The van der Waals surface area contributed by atoms with Crippen LogP contribution in [-0.2, 0) is 0 Å². The van der Waals surface area contributed by atoms with Crippen LogP contribution in [0, 0.1) is 6.92 Å². The van der Waals surface area contributed by atoms with Crippen molar-refractivity contribution in [1.82, 2.24) is 14.5 Å². The fraction of sp³-hybridized carbons (Fsp3) is 0.189. The molecule has 0 aliphatic carbocycles. The van der Waals surface area contributed by atoms with E-state index in [1.807, 2.05) is 24.4 Å². The van der Waals surface area contributed by atoms with Gasteiger partial charge < -0.3 is 4.42 Å². The van der Waals surface area contributed by atoms with Crippen LogP contribution in [0.25, 0.3) is 61.3 Å². The number of benzene rings is 4. The maximum atomic E-state index is 6.51. The van der Waals surface area contributed by atoms with Crippen molar-refractivity contribution < 1.29 is 4.42 Å². The highest BCUT2D eigenvalue weighted by molar-refractivity contribution is 6.09. The third-order valence-corrected chi connectivity index (χ3v) is 8.14. The third kappa shape index (κ3) is 4.05. The molecule has 3 heterocycles. The molecule has 0 aliphatic rings. The summed E-state index contributed by atoms with van der Waals surface area (Å²) in [7, 11) is 0. The Balaban J connectivity index is 1.61. The number of nitrogens with zero attached hydrogens (tertiary/aromatic N) is 3. The van der Waals surface area contributed by atoms with Gasteiger partial charge in [-0.3, -0.25) is 4.57 Å². The number of aromatic nitrogens is 3. The van der Waals surface area contributed by atoms with Gasteiger partial charge in [0, 0.05) is 17.0 Å². The molecule has 4 heteroatoms. The van der Waals surface area contributed by atoms with Gasteiger partial charge in [0.05, 0.1) is 11.3 Å². The Morgan fingerprint density at radius 2 is 1.39 bits per heavy atom. The highest BCUT2D eigenvalue weighted by Gasteiger charge is 2.26. The van der Waals surface area contributed by atoms with Gasteiger partial charge in [0.2, 0.25) is 0 Å². The molecule has 0 amide bonds. The second kappa shape index (κ2) is 9.74. The summed E-state index contributed by atoms with van der Waals surface area (Å²) in [6.45, 7) is 11.2. The minimum Gasteiger partial charge on any atom is -0.455 e. The fourth-order valence-electron chi connectivity index (χ4n) is 6.03. The second-order valence-electron chi connectivity index (χ2n) is 11.5. The fourth-order valence-corrected chi connectivity index (χ4v) is 6.03. The number of furan rings is 1. The van der Waals surface area contributed by atoms with E-state index < -0.39 is 0 Å². The molecular weight excluding hydrogens is 502 g/mol. The zero-order valence-corrected chi connectivity index (χ0v) is 24.1. The van der Waals surface area contributed by atoms with Crippen LogP contribution < -0.4 is 0 Å². The Kier molecular flexibility index (Phi) is 6.01. The lowest BCUT2D eigenvalue weighted by Crippen LogP contribution is -2.10. The van der Waals surface area contributed by atoms with Crippen molar-refractivity contribution in [1.29, 1.82) is 0 Å². The van der Waals surface area contributed by atoms with Crippen LogP contribution in [0.15, 0.2) is 102 Å². The topological polar surface area (TPSA) is 43.9 Å². The average molecular weight is 536 g/mol. The first-order chi connectivity index (χ1) is 19.9. The van der Waals surface area contributed by atoms with E-state index in [9.17, 15) is 0 Å². The number of pyridine rings is 1. The van der Waals surface area contributed by atoms with E-state index >= 15 is 0 Å². The van der Waals surface area contributed by atoms with Crippen LogP contribution in [0.4, 0.5) is 0 Å². The minimum atomic E-state index is 0.281. The van der Waals surface area contributed by atoms with Crippen molar-refractivity contribution >= 4 is 33.1 Å². The average Bonchev–Trinajstić information content (AvgIpc) is 3.56. The molecule has 41 heavy (non-hydrogen) atoms. The van der Waals surface area contributed by atoms with Crippen LogP contribution in [-0.4, -0.2) is 14.5 Å². The molecule has 0 saturated heterocycles. The van der Waals surface area contributed by atoms with Gasteiger partial charge in [-0.1, -0.05) is 88.4 Å². The summed E-state index contributed by atoms with van der Waals surface area (Å²) < 4.78 is 8.81. The van der Waals surface area contributed by atoms with E-state index in [2.05, 4.69) is 112 Å². The number of para-hydroxylation sites is 2. The highest BCUT2D eigenvalue weighted by Crippen LogP contribution is 2.42. The molecule has 0 radical (unpaired) electrons. The molecule has 3 aromatic heterocycles. The Morgan fingerprint density at radius 3 is 2.12 bits per heavy atom. The number of hydrogen-bond acceptors (Lipinski definition) is 3. The van der Waals surface area contributed by atoms with Crippen LogP contribution in [0.2, 0.25) is 0 Å². The first kappa shape index (κ1) is 25.3. The molecule has 4 nitrogen and oxygen atoms in total. The maximum Gasteiger partial charge on any atom is 0.165 e. The van der Waals surface area contributed by atoms with E-state index in [-0.39, 0.29) is 11.8 Å². The van der Waals surface area contributed by atoms with Gasteiger partial charge >= 0.3 is 0 Å². The molecular formula is C37H33N3O. The van der Waals surface area contributed by atoms with E-state index in [1.54, 1.807) is 0 Å². The summed E-state index contributed by atoms with van der Waals surface area (Å²) in [5.41, 5.74) is 11.7. The Morgan fingerprint density at radius 1 is 0.707 bits per heavy atom. The van der Waals surface area contributed by atoms with Gasteiger partial charge in [-0.15, -0.1) is 0 Å². The quantitative estimate of drug-likeness (QED) is 0.220. The molecule has 7 rings (SSSR count). The Bertz CT molecular complexity index is 2030. The molecule has 202 valence electrons. The summed E-state index contributed by atoms with van der Waals surface area (Å²) in [6.07, 6.45) is 1.89. The molecule has 0 fully saturated rings. The highest BCUT2D eigenvalue weighted by atomic mass is 16.3. The van der Waals surface area contributed by atoms with E-state index in [1.165, 1.54) is 27.9 Å². The molecule has 0 N–H and O–H groups in total. The molecule has 7 aromatic rings. The molecule has 0 bridgehead atoms. The molecule has 0 unspecified atom stereocenters. The largest absolute Gasteiger partial charge is 0.455 e. The van der Waals surface area contributed by atoms with Crippen molar-refractivity contribution in [2.75, 3.05) is 0 Å². The lowest BCUT2D eigenvalue weighted by atomic mass is 9.88. The normalized spacial score (nSPS) is 12.0. The zero-order valence-electron chi connectivity index (χ0n) is 24.1. The van der Waals surface area contributed by atoms with Gasteiger partial charge in [0.25, 0.3) is 0 Å². The van der Waals surface area contributed by atoms with Gasteiger partial charge in [-0.05, 0) is 76.9 Å². The second-order valence-corrected chi connectivity index (χ2v) is 11.5.